The summed E-state index contributed by atoms with van der Waals surface area (Å²) >= 11 is 6.10. The molecule has 3 fully saturated rings. The summed E-state index contributed by atoms with van der Waals surface area (Å²) in [6.45, 7) is 0. The third kappa shape index (κ3) is 2.78. The molecule has 2 saturated heterocycles. The van der Waals surface area contributed by atoms with Crippen LogP contribution in [0.5, 0.6) is 0 Å². The van der Waals surface area contributed by atoms with Gasteiger partial charge in [-0.05, 0) is 56.2 Å². The first-order valence-corrected chi connectivity index (χ1v) is 10.5. The van der Waals surface area contributed by atoms with Crippen LogP contribution in [0.1, 0.15) is 63.0 Å². The van der Waals surface area contributed by atoms with Gasteiger partial charge in [0, 0.05) is 17.1 Å². The normalized spacial score (nSPS) is 29.2. The SMILES string of the molecule is O=C(N1C2CCC1CC(n1nccn1)C2)C1(c2ccc(Cl)cc2)CCCC1. The van der Waals surface area contributed by atoms with Gasteiger partial charge in [0.25, 0.3) is 0 Å². The van der Waals surface area contributed by atoms with E-state index < -0.39 is 0 Å². The molecule has 0 N–H and O–H groups in total. The van der Waals surface area contributed by atoms with Gasteiger partial charge in [0.15, 0.2) is 0 Å². The molecule has 1 aromatic heterocycles. The van der Waals surface area contributed by atoms with E-state index in [4.69, 9.17) is 11.6 Å². The second-order valence-corrected chi connectivity index (χ2v) is 8.80. The van der Waals surface area contributed by atoms with Crippen LogP contribution in [0.4, 0.5) is 0 Å². The standard InChI is InChI=1S/C21H25ClN4O/c22-16-5-3-15(4-6-16)21(9-1-2-10-21)20(27)25-17-7-8-18(25)14-19(13-17)26-23-11-12-24-26/h3-6,11-12,17-19H,1-2,7-10,13-14H2. The average molecular weight is 385 g/mol. The van der Waals surface area contributed by atoms with E-state index in [1.807, 2.05) is 16.9 Å². The number of carbonyl (C=O) groups excluding carboxylic acids is 1. The molecule has 0 radical (unpaired) electrons. The molecule has 1 aromatic carbocycles. The highest BCUT2D eigenvalue weighted by atomic mass is 35.5. The van der Waals surface area contributed by atoms with Crippen LogP contribution in [0.15, 0.2) is 36.7 Å². The Hall–Kier alpha value is -1.88. The third-order valence-electron chi connectivity index (χ3n) is 6.97. The highest BCUT2D eigenvalue weighted by Crippen LogP contribution is 2.48. The fourth-order valence-electron chi connectivity index (χ4n) is 5.70. The summed E-state index contributed by atoms with van der Waals surface area (Å²) in [6.07, 6.45) is 11.8. The maximum absolute atomic E-state index is 13.9. The first kappa shape index (κ1) is 17.2. The van der Waals surface area contributed by atoms with Crippen LogP contribution in [0.2, 0.25) is 5.02 Å². The Morgan fingerprint density at radius 3 is 2.15 bits per heavy atom. The van der Waals surface area contributed by atoms with Crippen molar-refractivity contribution in [1.82, 2.24) is 19.9 Å². The molecule has 1 saturated carbocycles. The highest BCUT2D eigenvalue weighted by Gasteiger charge is 2.52. The fraction of sp³-hybridized carbons (Fsp3) is 0.571. The summed E-state index contributed by atoms with van der Waals surface area (Å²) in [5.41, 5.74) is 0.784. The zero-order valence-electron chi connectivity index (χ0n) is 15.4. The van der Waals surface area contributed by atoms with Crippen LogP contribution >= 0.6 is 11.6 Å². The summed E-state index contributed by atoms with van der Waals surface area (Å²) in [5, 5.41) is 9.41. The molecule has 5 nitrogen and oxygen atoms in total. The summed E-state index contributed by atoms with van der Waals surface area (Å²) in [4.78, 5) is 18.0. The van der Waals surface area contributed by atoms with E-state index in [0.717, 1.165) is 62.0 Å². The summed E-state index contributed by atoms with van der Waals surface area (Å²) < 4.78 is 0. The molecule has 1 aliphatic carbocycles. The Bertz CT molecular complexity index is 799. The van der Waals surface area contributed by atoms with Gasteiger partial charge in [-0.3, -0.25) is 4.79 Å². The van der Waals surface area contributed by atoms with Crippen molar-refractivity contribution in [2.75, 3.05) is 0 Å². The zero-order chi connectivity index (χ0) is 18.4. The van der Waals surface area contributed by atoms with E-state index in [2.05, 4.69) is 27.2 Å². The number of nitrogens with zero attached hydrogens (tertiary/aromatic N) is 4. The molecular formula is C21H25ClN4O. The summed E-state index contributed by atoms with van der Waals surface area (Å²) in [6, 6.07) is 8.93. The fourth-order valence-corrected chi connectivity index (χ4v) is 5.83. The van der Waals surface area contributed by atoms with Crippen molar-refractivity contribution in [2.45, 2.75) is 74.9 Å². The first-order chi connectivity index (χ1) is 13.2. The van der Waals surface area contributed by atoms with Crippen molar-refractivity contribution < 1.29 is 4.79 Å². The summed E-state index contributed by atoms with van der Waals surface area (Å²) in [7, 11) is 0. The predicted octanol–water partition coefficient (Wildman–Crippen LogP) is 4.14. The molecule has 142 valence electrons. The molecule has 1 amide bonds. The van der Waals surface area contributed by atoms with Crippen LogP contribution in [-0.2, 0) is 10.2 Å². The van der Waals surface area contributed by atoms with E-state index in [-0.39, 0.29) is 5.41 Å². The van der Waals surface area contributed by atoms with Crippen LogP contribution in [-0.4, -0.2) is 37.9 Å². The van der Waals surface area contributed by atoms with Crippen molar-refractivity contribution in [3.05, 3.63) is 47.2 Å². The summed E-state index contributed by atoms with van der Waals surface area (Å²) in [5.74, 6) is 0.349. The zero-order valence-corrected chi connectivity index (χ0v) is 16.2. The van der Waals surface area contributed by atoms with E-state index in [0.29, 0.717) is 24.0 Å². The maximum atomic E-state index is 13.9. The molecule has 3 aliphatic rings. The van der Waals surface area contributed by atoms with Gasteiger partial charge in [-0.2, -0.15) is 15.0 Å². The minimum absolute atomic E-state index is 0.316. The number of hydrogen-bond donors (Lipinski definition) is 0. The van der Waals surface area contributed by atoms with Gasteiger partial charge in [-0.25, -0.2) is 0 Å². The van der Waals surface area contributed by atoms with Gasteiger partial charge in [-0.1, -0.05) is 36.6 Å². The van der Waals surface area contributed by atoms with E-state index in [1.165, 1.54) is 0 Å². The first-order valence-electron chi connectivity index (χ1n) is 10.1. The van der Waals surface area contributed by atoms with Crippen molar-refractivity contribution >= 4 is 17.5 Å². The minimum atomic E-state index is -0.359. The van der Waals surface area contributed by atoms with Crippen LogP contribution < -0.4 is 0 Å². The van der Waals surface area contributed by atoms with Gasteiger partial charge < -0.3 is 4.90 Å². The number of rotatable bonds is 3. The number of benzene rings is 1. The molecule has 6 heteroatoms. The molecule has 27 heavy (non-hydrogen) atoms. The number of amides is 1. The number of hydrogen-bond acceptors (Lipinski definition) is 3. The Labute approximate surface area is 164 Å². The van der Waals surface area contributed by atoms with Gasteiger partial charge in [-0.15, -0.1) is 0 Å². The van der Waals surface area contributed by atoms with Crippen LogP contribution in [0, 0.1) is 0 Å². The lowest BCUT2D eigenvalue weighted by Crippen LogP contribution is -2.54. The molecule has 2 aromatic rings. The lowest BCUT2D eigenvalue weighted by atomic mass is 9.76. The molecule has 3 heterocycles. The Morgan fingerprint density at radius 2 is 1.56 bits per heavy atom. The Kier molecular flexibility index (Phi) is 4.23. The van der Waals surface area contributed by atoms with E-state index in [9.17, 15) is 4.79 Å². The lowest BCUT2D eigenvalue weighted by Gasteiger charge is -2.43. The van der Waals surface area contributed by atoms with Gasteiger partial charge in [0.2, 0.25) is 5.91 Å². The van der Waals surface area contributed by atoms with Gasteiger partial charge >= 0.3 is 0 Å². The number of piperidine rings is 1. The number of fused-ring (bicyclic) bond motifs is 2. The molecule has 2 bridgehead atoms. The molecular weight excluding hydrogens is 360 g/mol. The topological polar surface area (TPSA) is 51.0 Å². The van der Waals surface area contributed by atoms with Crippen molar-refractivity contribution in [1.29, 1.82) is 0 Å². The largest absolute Gasteiger partial charge is 0.336 e. The van der Waals surface area contributed by atoms with Crippen LogP contribution in [0.3, 0.4) is 0 Å². The second kappa shape index (κ2) is 6.62. The second-order valence-electron chi connectivity index (χ2n) is 8.37. The highest BCUT2D eigenvalue weighted by molar-refractivity contribution is 6.30. The Balaban J connectivity index is 1.44. The Morgan fingerprint density at radius 1 is 0.963 bits per heavy atom. The number of aromatic nitrogens is 3. The van der Waals surface area contributed by atoms with E-state index >= 15 is 0 Å². The van der Waals surface area contributed by atoms with Crippen LogP contribution in [0.25, 0.3) is 0 Å². The monoisotopic (exact) mass is 384 g/mol. The maximum Gasteiger partial charge on any atom is 0.233 e. The smallest absolute Gasteiger partial charge is 0.233 e. The lowest BCUT2D eigenvalue weighted by molar-refractivity contribution is -0.142. The van der Waals surface area contributed by atoms with Gasteiger partial charge in [0.1, 0.15) is 0 Å². The van der Waals surface area contributed by atoms with E-state index in [1.54, 1.807) is 12.4 Å². The molecule has 2 aliphatic heterocycles. The number of carbonyl (C=O) groups is 1. The quantitative estimate of drug-likeness (QED) is 0.799. The average Bonchev–Trinajstić information content (AvgIpc) is 3.42. The predicted molar refractivity (Wildman–Crippen MR) is 104 cm³/mol. The number of halogens is 1. The molecule has 5 rings (SSSR count). The van der Waals surface area contributed by atoms with Crippen molar-refractivity contribution in [3.63, 3.8) is 0 Å². The van der Waals surface area contributed by atoms with Crippen molar-refractivity contribution in [3.8, 4) is 0 Å². The molecule has 0 spiro atoms. The minimum Gasteiger partial charge on any atom is -0.336 e. The third-order valence-corrected chi connectivity index (χ3v) is 7.22. The van der Waals surface area contributed by atoms with Gasteiger partial charge in [0.05, 0.1) is 23.9 Å². The molecule has 2 atom stereocenters. The van der Waals surface area contributed by atoms with Crippen molar-refractivity contribution in [2.24, 2.45) is 0 Å². The molecule has 2 unspecified atom stereocenters.